The molecule has 1 amide bonds. The first-order valence-corrected chi connectivity index (χ1v) is 6.10. The molecule has 94 valence electrons. The predicted octanol–water partition coefficient (Wildman–Crippen LogP) is 0.869. The number of aryl methyl sites for hydroxylation is 1. The standard InChI is InChI=1S/C12H20N4O/c1-9(10-7-14-16(2)8-10)15-11(17)12(13)5-3-4-6-12/h7-9H,3-6,13H2,1-2H3,(H,15,17). The van der Waals surface area contributed by atoms with Gasteiger partial charge in [0.15, 0.2) is 0 Å². The number of amides is 1. The number of aromatic nitrogens is 2. The first-order chi connectivity index (χ1) is 8.01. The first kappa shape index (κ1) is 12.1. The molecular formula is C12H20N4O. The van der Waals surface area contributed by atoms with Crippen LogP contribution >= 0.6 is 0 Å². The molecule has 0 radical (unpaired) electrons. The Labute approximate surface area is 101 Å². The van der Waals surface area contributed by atoms with Gasteiger partial charge in [-0.1, -0.05) is 12.8 Å². The van der Waals surface area contributed by atoms with Gasteiger partial charge in [0, 0.05) is 18.8 Å². The average Bonchev–Trinajstić information content (AvgIpc) is 2.88. The van der Waals surface area contributed by atoms with E-state index >= 15 is 0 Å². The lowest BCUT2D eigenvalue weighted by Crippen LogP contribution is -2.52. The van der Waals surface area contributed by atoms with E-state index in [9.17, 15) is 4.79 Å². The number of hydrogen-bond acceptors (Lipinski definition) is 3. The van der Waals surface area contributed by atoms with Crippen molar-refractivity contribution in [3.8, 4) is 0 Å². The van der Waals surface area contributed by atoms with Gasteiger partial charge in [-0.05, 0) is 19.8 Å². The Bertz CT molecular complexity index is 406. The van der Waals surface area contributed by atoms with Crippen LogP contribution in [-0.2, 0) is 11.8 Å². The molecule has 1 saturated carbocycles. The van der Waals surface area contributed by atoms with Gasteiger partial charge in [0.05, 0.1) is 17.8 Å². The Hall–Kier alpha value is -1.36. The Morgan fingerprint density at radius 3 is 2.76 bits per heavy atom. The van der Waals surface area contributed by atoms with E-state index in [0.717, 1.165) is 31.2 Å². The lowest BCUT2D eigenvalue weighted by atomic mass is 9.97. The predicted molar refractivity (Wildman–Crippen MR) is 65.2 cm³/mol. The van der Waals surface area contributed by atoms with E-state index in [0.29, 0.717) is 0 Å². The second-order valence-corrected chi connectivity index (χ2v) is 5.01. The summed E-state index contributed by atoms with van der Waals surface area (Å²) >= 11 is 0. The van der Waals surface area contributed by atoms with Crippen molar-refractivity contribution in [2.45, 2.75) is 44.2 Å². The molecule has 1 atom stereocenters. The summed E-state index contributed by atoms with van der Waals surface area (Å²) in [6.45, 7) is 1.95. The van der Waals surface area contributed by atoms with Gasteiger partial charge in [-0.15, -0.1) is 0 Å². The molecule has 17 heavy (non-hydrogen) atoms. The molecule has 1 heterocycles. The largest absolute Gasteiger partial charge is 0.348 e. The smallest absolute Gasteiger partial charge is 0.240 e. The summed E-state index contributed by atoms with van der Waals surface area (Å²) in [7, 11) is 1.86. The highest BCUT2D eigenvalue weighted by Gasteiger charge is 2.37. The molecule has 1 aromatic heterocycles. The summed E-state index contributed by atoms with van der Waals surface area (Å²) in [5, 5.41) is 7.07. The van der Waals surface area contributed by atoms with E-state index in [4.69, 9.17) is 5.73 Å². The lowest BCUT2D eigenvalue weighted by Gasteiger charge is -2.24. The minimum absolute atomic E-state index is 0.0358. The summed E-state index contributed by atoms with van der Waals surface area (Å²) < 4.78 is 1.73. The second kappa shape index (κ2) is 4.49. The van der Waals surface area contributed by atoms with Crippen molar-refractivity contribution >= 4 is 5.91 Å². The van der Waals surface area contributed by atoms with Crippen molar-refractivity contribution in [1.82, 2.24) is 15.1 Å². The van der Waals surface area contributed by atoms with Gasteiger partial charge in [0.2, 0.25) is 5.91 Å². The quantitative estimate of drug-likeness (QED) is 0.818. The number of hydrogen-bond donors (Lipinski definition) is 2. The van der Waals surface area contributed by atoms with E-state index < -0.39 is 5.54 Å². The minimum atomic E-state index is -0.656. The van der Waals surface area contributed by atoms with Crippen LogP contribution in [0.5, 0.6) is 0 Å². The van der Waals surface area contributed by atoms with Crippen LogP contribution in [0.4, 0.5) is 0 Å². The number of carbonyl (C=O) groups is 1. The highest BCUT2D eigenvalue weighted by molar-refractivity contribution is 5.86. The van der Waals surface area contributed by atoms with Crippen LogP contribution in [0.15, 0.2) is 12.4 Å². The molecule has 0 bridgehead atoms. The average molecular weight is 236 g/mol. The van der Waals surface area contributed by atoms with Crippen molar-refractivity contribution < 1.29 is 4.79 Å². The third-order valence-electron chi connectivity index (χ3n) is 3.52. The zero-order chi connectivity index (χ0) is 12.5. The zero-order valence-corrected chi connectivity index (χ0v) is 10.4. The Kier molecular flexibility index (Phi) is 3.19. The minimum Gasteiger partial charge on any atom is -0.348 e. The molecule has 1 aliphatic carbocycles. The third-order valence-corrected chi connectivity index (χ3v) is 3.52. The molecular weight excluding hydrogens is 216 g/mol. The van der Waals surface area contributed by atoms with Crippen molar-refractivity contribution in [3.63, 3.8) is 0 Å². The first-order valence-electron chi connectivity index (χ1n) is 6.10. The van der Waals surface area contributed by atoms with E-state index in [1.54, 1.807) is 10.9 Å². The van der Waals surface area contributed by atoms with Gasteiger partial charge in [0.1, 0.15) is 0 Å². The van der Waals surface area contributed by atoms with Gasteiger partial charge in [-0.3, -0.25) is 9.48 Å². The monoisotopic (exact) mass is 236 g/mol. The highest BCUT2D eigenvalue weighted by Crippen LogP contribution is 2.28. The van der Waals surface area contributed by atoms with Gasteiger partial charge < -0.3 is 11.1 Å². The lowest BCUT2D eigenvalue weighted by molar-refractivity contribution is -0.126. The van der Waals surface area contributed by atoms with Crippen molar-refractivity contribution in [2.24, 2.45) is 12.8 Å². The summed E-state index contributed by atoms with van der Waals surface area (Å²) in [5.41, 5.74) is 6.45. The van der Waals surface area contributed by atoms with Gasteiger partial charge in [-0.25, -0.2) is 0 Å². The Balaban J connectivity index is 1.99. The second-order valence-electron chi connectivity index (χ2n) is 5.01. The summed E-state index contributed by atoms with van der Waals surface area (Å²) in [5.74, 6) is -0.0358. The topological polar surface area (TPSA) is 72.9 Å². The van der Waals surface area contributed by atoms with Crippen molar-refractivity contribution in [2.75, 3.05) is 0 Å². The third kappa shape index (κ3) is 2.49. The molecule has 0 aromatic carbocycles. The van der Waals surface area contributed by atoms with Crippen LogP contribution in [0.2, 0.25) is 0 Å². The molecule has 1 aromatic rings. The maximum atomic E-state index is 12.1. The highest BCUT2D eigenvalue weighted by atomic mass is 16.2. The molecule has 5 nitrogen and oxygen atoms in total. The van der Waals surface area contributed by atoms with Gasteiger partial charge in [-0.2, -0.15) is 5.10 Å². The van der Waals surface area contributed by atoms with Crippen LogP contribution in [0.1, 0.15) is 44.2 Å². The number of nitrogens with two attached hydrogens (primary N) is 1. The molecule has 3 N–H and O–H groups in total. The Morgan fingerprint density at radius 2 is 2.24 bits per heavy atom. The normalized spacial score (nSPS) is 20.2. The fraction of sp³-hybridized carbons (Fsp3) is 0.667. The summed E-state index contributed by atoms with van der Waals surface area (Å²) in [6.07, 6.45) is 7.35. The molecule has 0 saturated heterocycles. The van der Waals surface area contributed by atoms with Crippen LogP contribution in [0.3, 0.4) is 0 Å². The number of nitrogens with one attached hydrogen (secondary N) is 1. The molecule has 1 aliphatic rings. The zero-order valence-electron chi connectivity index (χ0n) is 10.4. The van der Waals surface area contributed by atoms with E-state index in [1.807, 2.05) is 20.2 Å². The molecule has 1 fully saturated rings. The number of rotatable bonds is 3. The molecule has 0 aliphatic heterocycles. The SMILES string of the molecule is CC(NC(=O)C1(N)CCCC1)c1cnn(C)c1. The molecule has 0 spiro atoms. The van der Waals surface area contributed by atoms with Gasteiger partial charge in [0.25, 0.3) is 0 Å². The van der Waals surface area contributed by atoms with E-state index in [1.165, 1.54) is 0 Å². The van der Waals surface area contributed by atoms with Crippen molar-refractivity contribution in [1.29, 1.82) is 0 Å². The molecule has 5 heteroatoms. The van der Waals surface area contributed by atoms with E-state index in [-0.39, 0.29) is 11.9 Å². The molecule has 2 rings (SSSR count). The van der Waals surface area contributed by atoms with Gasteiger partial charge >= 0.3 is 0 Å². The maximum absolute atomic E-state index is 12.1. The van der Waals surface area contributed by atoms with Crippen LogP contribution in [0.25, 0.3) is 0 Å². The fourth-order valence-corrected chi connectivity index (χ4v) is 2.32. The Morgan fingerprint density at radius 1 is 1.59 bits per heavy atom. The summed E-state index contributed by atoms with van der Waals surface area (Å²) in [6, 6.07) is -0.0442. The van der Waals surface area contributed by atoms with Crippen molar-refractivity contribution in [3.05, 3.63) is 18.0 Å². The number of nitrogens with zero attached hydrogens (tertiary/aromatic N) is 2. The molecule has 1 unspecified atom stereocenters. The van der Waals surface area contributed by atoms with E-state index in [2.05, 4.69) is 10.4 Å². The maximum Gasteiger partial charge on any atom is 0.240 e. The van der Waals surface area contributed by atoms with Crippen LogP contribution < -0.4 is 11.1 Å². The van der Waals surface area contributed by atoms with Crippen LogP contribution in [0, 0.1) is 0 Å². The summed E-state index contributed by atoms with van der Waals surface area (Å²) in [4.78, 5) is 12.1. The number of carbonyl (C=O) groups excluding carboxylic acids is 1. The fourth-order valence-electron chi connectivity index (χ4n) is 2.32. The van der Waals surface area contributed by atoms with Crippen LogP contribution in [-0.4, -0.2) is 21.2 Å².